The number of aromatic nitrogens is 4. The molecule has 0 spiro atoms. The van der Waals surface area contributed by atoms with Gasteiger partial charge in [-0.25, -0.2) is 9.50 Å². The summed E-state index contributed by atoms with van der Waals surface area (Å²) in [7, 11) is 1.85. The van der Waals surface area contributed by atoms with E-state index in [0.29, 0.717) is 25.2 Å². The molecule has 23 heavy (non-hydrogen) atoms. The molecule has 0 aliphatic heterocycles. The molecule has 0 saturated heterocycles. The Morgan fingerprint density at radius 3 is 2.96 bits per heavy atom. The van der Waals surface area contributed by atoms with Crippen molar-refractivity contribution >= 4 is 23.0 Å². The molecule has 0 unspecified atom stereocenters. The third-order valence-electron chi connectivity index (χ3n) is 3.98. The zero-order valence-electron chi connectivity index (χ0n) is 13.5. The van der Waals surface area contributed by atoms with Crippen LogP contribution in [0.3, 0.4) is 0 Å². The second-order valence-electron chi connectivity index (χ2n) is 5.56. The van der Waals surface area contributed by atoms with Gasteiger partial charge in [0, 0.05) is 29.7 Å². The van der Waals surface area contributed by atoms with E-state index in [2.05, 4.69) is 15.1 Å². The number of hydrogen-bond acceptors (Lipinski definition) is 5. The lowest BCUT2D eigenvalue weighted by atomic mass is 10.1. The summed E-state index contributed by atoms with van der Waals surface area (Å²) in [5, 5.41) is 6.21. The van der Waals surface area contributed by atoms with Crippen LogP contribution in [0, 0.1) is 13.8 Å². The summed E-state index contributed by atoms with van der Waals surface area (Å²) >= 11 is 1.67. The Hall–Kier alpha value is -2.28. The van der Waals surface area contributed by atoms with Crippen molar-refractivity contribution in [3.8, 4) is 0 Å². The van der Waals surface area contributed by atoms with Gasteiger partial charge in [-0.15, -0.1) is 11.3 Å². The Kier molecular flexibility index (Phi) is 4.38. The molecule has 3 aromatic rings. The minimum absolute atomic E-state index is 0.135. The van der Waals surface area contributed by atoms with E-state index >= 15 is 0 Å². The van der Waals surface area contributed by atoms with Crippen LogP contribution in [0.25, 0.3) is 5.78 Å². The molecule has 1 amide bonds. The second-order valence-corrected chi connectivity index (χ2v) is 6.59. The molecule has 0 N–H and O–H groups in total. The summed E-state index contributed by atoms with van der Waals surface area (Å²) in [6, 6.07) is 4.05. The lowest BCUT2D eigenvalue weighted by Gasteiger charge is -2.17. The predicted octanol–water partition coefficient (Wildman–Crippen LogP) is 2.39. The van der Waals surface area contributed by atoms with E-state index in [1.54, 1.807) is 20.8 Å². The van der Waals surface area contributed by atoms with Gasteiger partial charge >= 0.3 is 0 Å². The van der Waals surface area contributed by atoms with Gasteiger partial charge < -0.3 is 4.90 Å². The molecular formula is C16H19N5OS. The van der Waals surface area contributed by atoms with Crippen molar-refractivity contribution in [3.63, 3.8) is 0 Å². The first-order valence-corrected chi connectivity index (χ1v) is 8.36. The van der Waals surface area contributed by atoms with Gasteiger partial charge in [0.1, 0.15) is 6.33 Å². The van der Waals surface area contributed by atoms with E-state index in [9.17, 15) is 4.79 Å². The molecule has 120 valence electrons. The summed E-state index contributed by atoms with van der Waals surface area (Å²) in [5.41, 5.74) is 2.98. The maximum absolute atomic E-state index is 12.4. The molecule has 3 aromatic heterocycles. The van der Waals surface area contributed by atoms with Crippen LogP contribution in [-0.4, -0.2) is 37.4 Å². The van der Waals surface area contributed by atoms with Crippen LogP contribution in [0.5, 0.6) is 0 Å². The molecule has 0 aliphatic rings. The second kappa shape index (κ2) is 6.45. The molecule has 0 bridgehead atoms. The van der Waals surface area contributed by atoms with E-state index in [0.717, 1.165) is 17.0 Å². The lowest BCUT2D eigenvalue weighted by Crippen LogP contribution is -2.26. The van der Waals surface area contributed by atoms with Gasteiger partial charge in [-0.05, 0) is 37.3 Å². The fourth-order valence-corrected chi connectivity index (χ4v) is 3.42. The van der Waals surface area contributed by atoms with Gasteiger partial charge in [-0.1, -0.05) is 6.07 Å². The standard InChI is InChI=1S/C16H19N5OS/c1-11-14(12(2)21-16(19-11)17-10-18-21)6-7-15(22)20(3)9-13-5-4-8-23-13/h4-5,8,10H,6-7,9H2,1-3H3. The highest BCUT2D eigenvalue weighted by Crippen LogP contribution is 2.16. The van der Waals surface area contributed by atoms with E-state index < -0.39 is 0 Å². The highest BCUT2D eigenvalue weighted by atomic mass is 32.1. The van der Waals surface area contributed by atoms with E-state index in [-0.39, 0.29) is 5.91 Å². The zero-order chi connectivity index (χ0) is 16.4. The maximum atomic E-state index is 12.4. The molecule has 0 radical (unpaired) electrons. The first kappa shape index (κ1) is 15.6. The molecule has 3 rings (SSSR count). The van der Waals surface area contributed by atoms with Crippen molar-refractivity contribution in [2.24, 2.45) is 0 Å². The SMILES string of the molecule is Cc1nc2ncnn2c(C)c1CCC(=O)N(C)Cc1cccs1. The van der Waals surface area contributed by atoms with Gasteiger partial charge in [-0.2, -0.15) is 10.1 Å². The molecule has 0 aliphatic carbocycles. The maximum Gasteiger partial charge on any atom is 0.252 e. The molecular weight excluding hydrogens is 310 g/mol. The van der Waals surface area contributed by atoms with Crippen molar-refractivity contribution in [1.82, 2.24) is 24.5 Å². The molecule has 0 atom stereocenters. The first-order chi connectivity index (χ1) is 11.1. The Morgan fingerprint density at radius 1 is 1.39 bits per heavy atom. The third kappa shape index (κ3) is 3.24. The Balaban J connectivity index is 1.69. The fourth-order valence-electron chi connectivity index (χ4n) is 2.66. The van der Waals surface area contributed by atoms with E-state index in [4.69, 9.17) is 0 Å². The van der Waals surface area contributed by atoms with Crippen LogP contribution >= 0.6 is 11.3 Å². The van der Waals surface area contributed by atoms with Gasteiger partial charge in [0.05, 0.1) is 6.54 Å². The molecule has 0 aromatic carbocycles. The van der Waals surface area contributed by atoms with Crippen LogP contribution in [0.2, 0.25) is 0 Å². The average molecular weight is 329 g/mol. The third-order valence-corrected chi connectivity index (χ3v) is 4.84. The van der Waals surface area contributed by atoms with Crippen LogP contribution in [0.1, 0.15) is 28.2 Å². The molecule has 7 heteroatoms. The summed E-state index contributed by atoms with van der Waals surface area (Å²) in [4.78, 5) is 23.9. The van der Waals surface area contributed by atoms with Crippen molar-refractivity contribution in [2.45, 2.75) is 33.2 Å². The summed E-state index contributed by atoms with van der Waals surface area (Å²) in [6.45, 7) is 4.61. The highest BCUT2D eigenvalue weighted by molar-refractivity contribution is 7.09. The minimum atomic E-state index is 0.135. The van der Waals surface area contributed by atoms with Gasteiger partial charge in [-0.3, -0.25) is 4.79 Å². The van der Waals surface area contributed by atoms with Crippen molar-refractivity contribution in [1.29, 1.82) is 0 Å². The Morgan fingerprint density at radius 2 is 2.22 bits per heavy atom. The number of amides is 1. The van der Waals surface area contributed by atoms with Gasteiger partial charge in [0.2, 0.25) is 5.91 Å². The first-order valence-electron chi connectivity index (χ1n) is 7.48. The largest absolute Gasteiger partial charge is 0.341 e. The molecule has 3 heterocycles. The van der Waals surface area contributed by atoms with Crippen LogP contribution in [0.4, 0.5) is 0 Å². The normalized spacial score (nSPS) is 11.1. The molecule has 0 saturated carbocycles. The van der Waals surface area contributed by atoms with Crippen LogP contribution in [-0.2, 0) is 17.8 Å². The Labute approximate surface area is 138 Å². The number of carbonyl (C=O) groups excluding carboxylic acids is 1. The number of rotatable bonds is 5. The van der Waals surface area contributed by atoms with Gasteiger partial charge in [0.25, 0.3) is 5.78 Å². The summed E-state index contributed by atoms with van der Waals surface area (Å²) in [5.74, 6) is 0.737. The quantitative estimate of drug-likeness (QED) is 0.721. The number of fused-ring (bicyclic) bond motifs is 1. The average Bonchev–Trinajstić information content (AvgIpc) is 3.18. The number of thiophene rings is 1. The van der Waals surface area contributed by atoms with Crippen LogP contribution < -0.4 is 0 Å². The van der Waals surface area contributed by atoms with E-state index in [1.165, 1.54) is 11.2 Å². The Bertz CT molecular complexity index is 824. The molecule has 0 fully saturated rings. The van der Waals surface area contributed by atoms with Gasteiger partial charge in [0.15, 0.2) is 0 Å². The fraction of sp³-hybridized carbons (Fsp3) is 0.375. The predicted molar refractivity (Wildman–Crippen MR) is 89.4 cm³/mol. The number of hydrogen-bond donors (Lipinski definition) is 0. The monoisotopic (exact) mass is 329 g/mol. The summed E-state index contributed by atoms with van der Waals surface area (Å²) in [6.07, 6.45) is 2.62. The highest BCUT2D eigenvalue weighted by Gasteiger charge is 2.15. The number of aryl methyl sites for hydroxylation is 2. The summed E-state index contributed by atoms with van der Waals surface area (Å²) < 4.78 is 1.72. The van der Waals surface area contributed by atoms with Crippen molar-refractivity contribution in [3.05, 3.63) is 45.7 Å². The van der Waals surface area contributed by atoms with E-state index in [1.807, 2.05) is 38.4 Å². The van der Waals surface area contributed by atoms with Crippen molar-refractivity contribution in [2.75, 3.05) is 7.05 Å². The topological polar surface area (TPSA) is 63.4 Å². The zero-order valence-corrected chi connectivity index (χ0v) is 14.3. The lowest BCUT2D eigenvalue weighted by molar-refractivity contribution is -0.130. The molecule has 6 nitrogen and oxygen atoms in total. The number of nitrogens with zero attached hydrogens (tertiary/aromatic N) is 5. The minimum Gasteiger partial charge on any atom is -0.341 e. The van der Waals surface area contributed by atoms with Crippen molar-refractivity contribution < 1.29 is 4.79 Å². The van der Waals surface area contributed by atoms with Crippen LogP contribution in [0.15, 0.2) is 23.8 Å². The smallest absolute Gasteiger partial charge is 0.252 e. The number of carbonyl (C=O) groups is 1.